The minimum Gasteiger partial charge on any atom is -0.452 e. The lowest BCUT2D eigenvalue weighted by molar-refractivity contribution is -0.119. The Kier molecular flexibility index (Phi) is 5.28. The van der Waals surface area contributed by atoms with Crippen LogP contribution in [0.5, 0.6) is 0 Å². The zero-order valence-electron chi connectivity index (χ0n) is 17.7. The van der Waals surface area contributed by atoms with Crippen molar-refractivity contribution in [1.29, 1.82) is 0 Å². The van der Waals surface area contributed by atoms with Crippen LogP contribution < -0.4 is 5.32 Å². The fourth-order valence-corrected chi connectivity index (χ4v) is 3.68. The van der Waals surface area contributed by atoms with Gasteiger partial charge in [-0.15, -0.1) is 0 Å². The minimum atomic E-state index is -0.614. The first-order chi connectivity index (χ1) is 16.1. The summed E-state index contributed by atoms with van der Waals surface area (Å²) in [6.07, 6.45) is 0. The molecule has 0 aliphatic heterocycles. The van der Waals surface area contributed by atoms with E-state index in [0.29, 0.717) is 33.8 Å². The molecule has 0 spiro atoms. The van der Waals surface area contributed by atoms with Crippen LogP contribution in [0, 0.1) is 6.92 Å². The van der Waals surface area contributed by atoms with Gasteiger partial charge in [-0.25, -0.2) is 14.8 Å². The van der Waals surface area contributed by atoms with E-state index in [-0.39, 0.29) is 0 Å². The van der Waals surface area contributed by atoms with Gasteiger partial charge in [-0.1, -0.05) is 42.5 Å². The average Bonchev–Trinajstić information content (AvgIpc) is 3.26. The number of ether oxygens (including phenoxy) is 1. The maximum absolute atomic E-state index is 13.0. The highest BCUT2D eigenvalue weighted by atomic mass is 16.5. The van der Waals surface area contributed by atoms with E-state index in [0.717, 1.165) is 16.6 Å². The van der Waals surface area contributed by atoms with Crippen molar-refractivity contribution in [3.05, 3.63) is 90.1 Å². The van der Waals surface area contributed by atoms with Gasteiger partial charge < -0.3 is 14.5 Å². The Morgan fingerprint density at radius 2 is 1.70 bits per heavy atom. The number of esters is 1. The maximum atomic E-state index is 13.0. The largest absolute Gasteiger partial charge is 0.452 e. The first kappa shape index (κ1) is 20.4. The molecule has 0 saturated heterocycles. The Labute approximate surface area is 189 Å². The number of anilines is 1. The number of hydrogen-bond donors (Lipinski definition) is 1. The molecule has 7 heteroatoms. The fraction of sp³-hybridized carbons (Fsp3) is 0.0769. The minimum absolute atomic E-state index is 0.326. The van der Waals surface area contributed by atoms with Crippen molar-refractivity contribution in [3.63, 3.8) is 0 Å². The quantitative estimate of drug-likeness (QED) is 0.382. The summed E-state index contributed by atoms with van der Waals surface area (Å²) in [4.78, 5) is 34.0. The molecule has 0 unspecified atom stereocenters. The number of benzene rings is 3. The van der Waals surface area contributed by atoms with Crippen LogP contribution in [0.3, 0.4) is 0 Å². The molecule has 7 nitrogen and oxygen atoms in total. The highest BCUT2D eigenvalue weighted by Gasteiger charge is 2.19. The van der Waals surface area contributed by atoms with Crippen molar-refractivity contribution >= 4 is 39.6 Å². The van der Waals surface area contributed by atoms with E-state index in [1.54, 1.807) is 24.3 Å². The number of nitrogens with zero attached hydrogens (tertiary/aromatic N) is 2. The Hall–Kier alpha value is -4.52. The zero-order chi connectivity index (χ0) is 22.8. The first-order valence-electron chi connectivity index (χ1n) is 10.4. The van der Waals surface area contributed by atoms with Gasteiger partial charge in [0, 0.05) is 16.6 Å². The lowest BCUT2D eigenvalue weighted by atomic mass is 9.99. The molecule has 2 aromatic heterocycles. The molecule has 5 rings (SSSR count). The van der Waals surface area contributed by atoms with E-state index >= 15 is 0 Å². The van der Waals surface area contributed by atoms with E-state index in [2.05, 4.69) is 15.3 Å². The molecule has 1 N–H and O–H groups in total. The lowest BCUT2D eigenvalue weighted by Gasteiger charge is -2.10. The van der Waals surface area contributed by atoms with Gasteiger partial charge >= 0.3 is 5.97 Å². The van der Waals surface area contributed by atoms with E-state index in [4.69, 9.17) is 9.15 Å². The summed E-state index contributed by atoms with van der Waals surface area (Å²) < 4.78 is 11.3. The number of pyridine rings is 1. The molecule has 3 aromatic carbocycles. The van der Waals surface area contributed by atoms with Crippen LogP contribution in [0.4, 0.5) is 5.82 Å². The molecule has 0 saturated carbocycles. The van der Waals surface area contributed by atoms with Crippen LogP contribution in [0.1, 0.15) is 16.1 Å². The van der Waals surface area contributed by atoms with Crippen LogP contribution in [-0.4, -0.2) is 28.5 Å². The number of amides is 1. The molecule has 0 bridgehead atoms. The SMILES string of the molecule is Cc1cccc(NC(=O)COC(=O)c2cccc3cccc(-c4nc5ccccc5o4)c23)n1. The zero-order valence-corrected chi connectivity index (χ0v) is 17.7. The number of carbonyl (C=O) groups is 2. The Balaban J connectivity index is 1.43. The monoisotopic (exact) mass is 437 g/mol. The second kappa shape index (κ2) is 8.55. The number of hydrogen-bond acceptors (Lipinski definition) is 6. The van der Waals surface area contributed by atoms with Crippen molar-refractivity contribution in [2.45, 2.75) is 6.92 Å². The molecule has 0 atom stereocenters. The molecule has 162 valence electrons. The number of nitrogens with one attached hydrogen (secondary N) is 1. The number of oxazole rings is 1. The standard InChI is InChI=1S/C26H19N3O4/c1-16-7-4-14-22(27-16)29-23(30)15-32-26(31)19-11-6-9-17-8-5-10-18(24(17)19)25-28-20-12-2-3-13-21(20)33-25/h2-14H,15H2,1H3,(H,27,29,30). The molecule has 1 amide bonds. The van der Waals surface area contributed by atoms with Crippen molar-refractivity contribution in [2.24, 2.45) is 0 Å². The van der Waals surface area contributed by atoms with Crippen molar-refractivity contribution < 1.29 is 18.7 Å². The summed E-state index contributed by atoms with van der Waals surface area (Å²) in [5.74, 6) is -0.276. The Morgan fingerprint density at radius 3 is 2.52 bits per heavy atom. The highest BCUT2D eigenvalue weighted by Crippen LogP contribution is 2.33. The summed E-state index contributed by atoms with van der Waals surface area (Å²) in [6.45, 7) is 1.39. The topological polar surface area (TPSA) is 94.3 Å². The molecule has 5 aromatic rings. The summed E-state index contributed by atoms with van der Waals surface area (Å²) in [6, 6.07) is 23.7. The van der Waals surface area contributed by atoms with E-state index in [1.807, 2.05) is 61.5 Å². The molecule has 2 heterocycles. The van der Waals surface area contributed by atoms with Crippen LogP contribution in [0.15, 0.2) is 83.3 Å². The first-order valence-corrected chi connectivity index (χ1v) is 10.4. The molecule has 0 aliphatic carbocycles. The summed E-state index contributed by atoms with van der Waals surface area (Å²) in [5, 5.41) is 4.11. The second-order valence-electron chi connectivity index (χ2n) is 7.48. The number of fused-ring (bicyclic) bond motifs is 2. The van der Waals surface area contributed by atoms with Crippen molar-refractivity contribution in [1.82, 2.24) is 9.97 Å². The van der Waals surface area contributed by atoms with E-state index in [9.17, 15) is 9.59 Å². The molecule has 0 fully saturated rings. The van der Waals surface area contributed by atoms with Crippen LogP contribution in [0.25, 0.3) is 33.3 Å². The highest BCUT2D eigenvalue weighted by molar-refractivity contribution is 6.10. The van der Waals surface area contributed by atoms with Gasteiger partial charge in [0.05, 0.1) is 5.56 Å². The predicted octanol–water partition coefficient (Wildman–Crippen LogP) is 5.15. The fourth-order valence-electron chi connectivity index (χ4n) is 3.68. The third-order valence-electron chi connectivity index (χ3n) is 5.14. The number of aryl methyl sites for hydroxylation is 1. The molecule has 0 aliphatic rings. The Morgan fingerprint density at radius 1 is 0.909 bits per heavy atom. The number of rotatable bonds is 5. The van der Waals surface area contributed by atoms with Gasteiger partial charge in [-0.3, -0.25) is 4.79 Å². The van der Waals surface area contributed by atoms with Gasteiger partial charge in [0.25, 0.3) is 5.91 Å². The van der Waals surface area contributed by atoms with Gasteiger partial charge in [-0.05, 0) is 48.7 Å². The second-order valence-corrected chi connectivity index (χ2v) is 7.48. The molecular formula is C26H19N3O4. The van der Waals surface area contributed by atoms with Crippen LogP contribution in [-0.2, 0) is 9.53 Å². The van der Waals surface area contributed by atoms with Crippen LogP contribution >= 0.6 is 0 Å². The van der Waals surface area contributed by atoms with E-state index in [1.165, 1.54) is 0 Å². The molecule has 0 radical (unpaired) electrons. The van der Waals surface area contributed by atoms with Gasteiger partial charge in [0.15, 0.2) is 12.2 Å². The van der Waals surface area contributed by atoms with Gasteiger partial charge in [0.2, 0.25) is 5.89 Å². The smallest absolute Gasteiger partial charge is 0.339 e. The third-order valence-corrected chi connectivity index (χ3v) is 5.14. The number of para-hydroxylation sites is 2. The average molecular weight is 437 g/mol. The summed E-state index contributed by atoms with van der Waals surface area (Å²) in [5.41, 5.74) is 3.15. The van der Waals surface area contributed by atoms with Crippen molar-refractivity contribution in [2.75, 3.05) is 11.9 Å². The normalized spacial score (nSPS) is 10.9. The third kappa shape index (κ3) is 4.16. The van der Waals surface area contributed by atoms with Crippen molar-refractivity contribution in [3.8, 4) is 11.5 Å². The van der Waals surface area contributed by atoms with E-state index < -0.39 is 18.5 Å². The summed E-state index contributed by atoms with van der Waals surface area (Å²) in [7, 11) is 0. The summed E-state index contributed by atoms with van der Waals surface area (Å²) >= 11 is 0. The predicted molar refractivity (Wildman–Crippen MR) is 125 cm³/mol. The van der Waals surface area contributed by atoms with Gasteiger partial charge in [-0.2, -0.15) is 0 Å². The number of aromatic nitrogens is 2. The molecule has 33 heavy (non-hydrogen) atoms. The Bertz CT molecular complexity index is 1470. The molecular weight excluding hydrogens is 418 g/mol. The number of carbonyl (C=O) groups excluding carboxylic acids is 2. The van der Waals surface area contributed by atoms with Crippen LogP contribution in [0.2, 0.25) is 0 Å². The van der Waals surface area contributed by atoms with Gasteiger partial charge in [0.1, 0.15) is 11.3 Å². The maximum Gasteiger partial charge on any atom is 0.339 e. The lowest BCUT2D eigenvalue weighted by Crippen LogP contribution is -2.21.